The largest absolute Gasteiger partial charge is 0.618 e. The minimum Gasteiger partial charge on any atom is -0.618 e. The number of pyridine rings is 2. The van der Waals surface area contributed by atoms with Crippen molar-refractivity contribution in [3.8, 4) is 0 Å². The molecule has 5 aliphatic rings. The highest BCUT2D eigenvalue weighted by molar-refractivity contribution is 9.10. The third kappa shape index (κ3) is 10.9. The number of piperidine rings is 1. The molecule has 64 heavy (non-hydrogen) atoms. The van der Waals surface area contributed by atoms with Crippen LogP contribution < -0.4 is 14.8 Å². The number of aryl methyl sites for hydroxylation is 4. The van der Waals surface area contributed by atoms with Gasteiger partial charge in [-0.1, -0.05) is 35.3 Å². The van der Waals surface area contributed by atoms with Gasteiger partial charge in [0.05, 0.1) is 8.95 Å². The Morgan fingerprint density at radius 2 is 1.16 bits per heavy atom. The number of likely N-dealkylation sites (tertiary alicyclic amines) is 1. The molecule has 2 aromatic carbocycles. The Hall–Kier alpha value is -3.50. The van der Waals surface area contributed by atoms with Crippen LogP contribution in [0.25, 0.3) is 0 Å². The van der Waals surface area contributed by atoms with Gasteiger partial charge in [0.15, 0.2) is 12.4 Å². The van der Waals surface area contributed by atoms with Crippen LogP contribution in [-0.2, 0) is 35.2 Å². The highest BCUT2D eigenvalue weighted by atomic mass is 79.9. The Morgan fingerprint density at radius 1 is 0.688 bits per heavy atom. The Morgan fingerprint density at radius 3 is 1.64 bits per heavy atom. The number of carbonyl (C=O) groups is 2. The van der Waals surface area contributed by atoms with Gasteiger partial charge in [0, 0.05) is 93.0 Å². The maximum Gasteiger partial charge on any atom is 0.410 e. The SMILES string of the molecule is CC(C)(C)OC(=O)N1CCC(CC(=O)N2CCN(C3c4ccc(Cl)cc4CCc4cc(Br)c[n+]([O-])c43)CC2)CC1.[O-][n+]1cc(Br)cc2c1C(N1CCNCC1)c1ccc(Cl)cc1CC2. The minimum atomic E-state index is -0.509. The van der Waals surface area contributed by atoms with Crippen molar-refractivity contribution in [1.82, 2.24) is 24.9 Å². The van der Waals surface area contributed by atoms with Crippen LogP contribution in [-0.4, -0.2) is 103 Å². The van der Waals surface area contributed by atoms with Gasteiger partial charge >= 0.3 is 6.09 Å². The summed E-state index contributed by atoms with van der Waals surface area (Å²) in [6, 6.07) is 16.0. The molecule has 3 aliphatic heterocycles. The van der Waals surface area contributed by atoms with Gasteiger partial charge in [-0.05, 0) is 156 Å². The fraction of sp³-hybridized carbons (Fsp3) is 0.500. The summed E-state index contributed by atoms with van der Waals surface area (Å²) in [5.74, 6) is 0.444. The number of carbonyl (C=O) groups excluding carboxylic acids is 2. The number of amides is 2. The van der Waals surface area contributed by atoms with Crippen LogP contribution in [0.5, 0.6) is 0 Å². The van der Waals surface area contributed by atoms with E-state index in [4.69, 9.17) is 27.9 Å². The summed E-state index contributed by atoms with van der Waals surface area (Å²) in [6.45, 7) is 13.2. The molecule has 2 unspecified atom stereocenters. The molecule has 0 radical (unpaired) electrons. The van der Waals surface area contributed by atoms with Crippen molar-refractivity contribution in [1.29, 1.82) is 0 Å². The van der Waals surface area contributed by atoms with Crippen LogP contribution >= 0.6 is 55.1 Å². The molecule has 1 N–H and O–H groups in total. The van der Waals surface area contributed by atoms with Gasteiger partial charge in [0.25, 0.3) is 0 Å². The summed E-state index contributed by atoms with van der Waals surface area (Å²) in [5, 5.41) is 30.9. The number of benzene rings is 2. The Balaban J connectivity index is 0.000000198. The van der Waals surface area contributed by atoms with Crippen molar-refractivity contribution in [3.63, 3.8) is 0 Å². The Kier molecular flexibility index (Phi) is 14.8. The first-order chi connectivity index (χ1) is 30.6. The lowest BCUT2D eigenvalue weighted by Crippen LogP contribution is -2.52. The van der Waals surface area contributed by atoms with E-state index in [2.05, 4.69) is 77.3 Å². The fourth-order valence-corrected chi connectivity index (χ4v) is 11.4. The number of fused-ring (bicyclic) bond motifs is 4. The van der Waals surface area contributed by atoms with E-state index in [0.29, 0.717) is 50.7 Å². The second-order valence-electron chi connectivity index (χ2n) is 18.6. The summed E-state index contributed by atoms with van der Waals surface area (Å²) in [4.78, 5) is 34.1. The van der Waals surface area contributed by atoms with Gasteiger partial charge in [0.2, 0.25) is 17.3 Å². The van der Waals surface area contributed by atoms with Crippen LogP contribution in [0.1, 0.15) is 96.9 Å². The van der Waals surface area contributed by atoms with Gasteiger partial charge < -0.3 is 30.3 Å². The van der Waals surface area contributed by atoms with Crippen molar-refractivity contribution in [2.45, 2.75) is 83.4 Å². The zero-order chi connectivity index (χ0) is 45.3. The van der Waals surface area contributed by atoms with Crippen LogP contribution in [0.3, 0.4) is 0 Å². The summed E-state index contributed by atoms with van der Waals surface area (Å²) in [5.41, 5.74) is 8.03. The van der Waals surface area contributed by atoms with Gasteiger partial charge in [-0.25, -0.2) is 4.79 Å². The molecular weight excluding hydrogens is 985 g/mol. The number of nitrogens with one attached hydrogen (secondary N) is 1. The standard InChI is InChI=1S/C30H38BrClN4O4.C18H19BrClN3O/c1-30(2,3)40-29(38)35-10-8-20(9-11-35)16-26(37)33-12-14-34(15-13-33)28-25-7-6-24(32)18-21(25)4-5-22-17-23(31)19-36(39)27(22)28;19-14-9-13-2-1-12-10-15(20)3-4-16(12)18(17(13)23(24)11-14)22-7-5-21-6-8-22/h6-7,17-20,28H,4-5,8-16H2,1-3H3;3-4,9-11,18,21H,1-2,5-8H2. The fourth-order valence-electron chi connectivity index (χ4n) is 10.1. The molecule has 12 nitrogen and oxygen atoms in total. The predicted molar refractivity (Wildman–Crippen MR) is 255 cm³/mol. The molecule has 2 amide bonds. The third-order valence-electron chi connectivity index (χ3n) is 13.2. The third-order valence-corrected chi connectivity index (χ3v) is 14.5. The van der Waals surface area contributed by atoms with Gasteiger partial charge in [-0.2, -0.15) is 9.46 Å². The molecule has 9 rings (SSSR count). The average Bonchev–Trinajstić information content (AvgIpc) is 3.52. The van der Waals surface area contributed by atoms with Crippen molar-refractivity contribution in [3.05, 3.63) is 135 Å². The summed E-state index contributed by atoms with van der Waals surface area (Å²) < 4.78 is 9.16. The second kappa shape index (κ2) is 20.2. The molecule has 4 aromatic rings. The monoisotopic (exact) mass is 1040 g/mol. The molecule has 0 spiro atoms. The lowest BCUT2D eigenvalue weighted by atomic mass is 9.93. The highest BCUT2D eigenvalue weighted by Crippen LogP contribution is 2.39. The number of rotatable bonds is 4. The molecule has 2 atom stereocenters. The number of ether oxygens (including phenoxy) is 1. The van der Waals surface area contributed by atoms with Crippen LogP contribution in [0, 0.1) is 16.3 Å². The molecule has 0 bridgehead atoms. The van der Waals surface area contributed by atoms with Gasteiger partial charge in [0.1, 0.15) is 17.7 Å². The quantitative estimate of drug-likeness (QED) is 0.162. The molecule has 0 saturated carbocycles. The van der Waals surface area contributed by atoms with Crippen LogP contribution in [0.15, 0.2) is 69.9 Å². The topological polar surface area (TPSA) is 122 Å². The number of hydrogen-bond donors (Lipinski definition) is 1. The molecular formula is C48H57Br2Cl2N7O5. The predicted octanol–water partition coefficient (Wildman–Crippen LogP) is 7.93. The number of halogens is 4. The molecule has 2 aliphatic carbocycles. The molecule has 5 heterocycles. The smallest absolute Gasteiger partial charge is 0.410 e. The number of piperazine rings is 2. The van der Waals surface area contributed by atoms with E-state index < -0.39 is 5.60 Å². The van der Waals surface area contributed by atoms with E-state index in [9.17, 15) is 20.0 Å². The lowest BCUT2D eigenvalue weighted by molar-refractivity contribution is -0.617. The van der Waals surface area contributed by atoms with E-state index in [-0.39, 0.29) is 30.0 Å². The van der Waals surface area contributed by atoms with Crippen LogP contribution in [0.4, 0.5) is 4.79 Å². The number of aromatic nitrogens is 2. The average molecular weight is 1040 g/mol. The van der Waals surface area contributed by atoms with E-state index in [1.54, 1.807) is 17.3 Å². The van der Waals surface area contributed by atoms with Crippen molar-refractivity contribution in [2.75, 3.05) is 65.4 Å². The summed E-state index contributed by atoms with van der Waals surface area (Å²) in [7, 11) is 0. The van der Waals surface area contributed by atoms with Gasteiger partial charge in [-0.3, -0.25) is 14.6 Å². The Bertz CT molecular complexity index is 2360. The molecule has 3 saturated heterocycles. The molecule has 16 heteroatoms. The summed E-state index contributed by atoms with van der Waals surface area (Å²) >= 11 is 19.5. The first-order valence-corrected chi connectivity index (χ1v) is 24.8. The zero-order valence-electron chi connectivity index (χ0n) is 36.8. The van der Waals surface area contributed by atoms with Crippen molar-refractivity contribution in [2.24, 2.45) is 5.92 Å². The molecule has 2 aromatic heterocycles. The van der Waals surface area contributed by atoms with E-state index in [1.807, 2.05) is 43.9 Å². The number of hydrogen-bond acceptors (Lipinski definition) is 8. The normalized spacial score (nSPS) is 20.7. The maximum atomic E-state index is 13.3. The van der Waals surface area contributed by atoms with E-state index >= 15 is 0 Å². The highest BCUT2D eigenvalue weighted by Gasteiger charge is 2.39. The zero-order valence-corrected chi connectivity index (χ0v) is 41.4. The van der Waals surface area contributed by atoms with E-state index in [1.165, 1.54) is 16.7 Å². The maximum absolute atomic E-state index is 13.3. The second-order valence-corrected chi connectivity index (χ2v) is 21.3. The molecule has 3 fully saturated rings. The lowest BCUT2D eigenvalue weighted by Gasteiger charge is -2.40. The molecule has 342 valence electrons. The van der Waals surface area contributed by atoms with E-state index in [0.717, 1.165) is 116 Å². The minimum absolute atomic E-state index is 0.0116. The van der Waals surface area contributed by atoms with Crippen molar-refractivity contribution < 1.29 is 23.8 Å². The number of nitrogens with zero attached hydrogens (tertiary/aromatic N) is 6. The van der Waals surface area contributed by atoms with Crippen LogP contribution in [0.2, 0.25) is 10.0 Å². The first-order valence-electron chi connectivity index (χ1n) is 22.5. The summed E-state index contributed by atoms with van der Waals surface area (Å²) in [6.07, 6.45) is 8.40. The first kappa shape index (κ1) is 47.0. The van der Waals surface area contributed by atoms with Gasteiger partial charge in [-0.15, -0.1) is 0 Å². The Labute approximate surface area is 403 Å². The van der Waals surface area contributed by atoms with Crippen molar-refractivity contribution >= 4 is 67.1 Å².